The molecule has 0 atom stereocenters. The lowest BCUT2D eigenvalue weighted by Gasteiger charge is -2.20. The minimum absolute atomic E-state index is 0.106. The number of methoxy groups -OCH3 is 1. The molecule has 3 aromatic rings. The molecule has 0 aliphatic carbocycles. The zero-order chi connectivity index (χ0) is 24.9. The van der Waals surface area contributed by atoms with Crippen molar-refractivity contribution in [2.24, 2.45) is 0 Å². The molecule has 0 spiro atoms. The summed E-state index contributed by atoms with van der Waals surface area (Å²) in [6.45, 7) is 2.95. The highest BCUT2D eigenvalue weighted by molar-refractivity contribution is 6.32. The summed E-state index contributed by atoms with van der Waals surface area (Å²) in [5, 5.41) is 3.32. The molecule has 1 N–H and O–H groups in total. The van der Waals surface area contributed by atoms with Crippen LogP contribution in [-0.2, 0) is 11.2 Å². The van der Waals surface area contributed by atoms with E-state index in [9.17, 15) is 9.59 Å². The fourth-order valence-corrected chi connectivity index (χ4v) is 4.29. The predicted molar refractivity (Wildman–Crippen MR) is 135 cm³/mol. The smallest absolute Gasteiger partial charge is 0.308 e. The quantitative estimate of drug-likeness (QED) is 0.343. The number of ether oxygens (including phenoxy) is 2. The van der Waals surface area contributed by atoms with E-state index >= 15 is 0 Å². The molecule has 0 unspecified atom stereocenters. The molecule has 182 valence electrons. The first kappa shape index (κ1) is 24.8. The number of hydrogen-bond donors (Lipinski definition) is 1. The van der Waals surface area contributed by atoms with Crippen LogP contribution in [0.5, 0.6) is 11.5 Å². The van der Waals surface area contributed by atoms with Gasteiger partial charge in [-0.25, -0.2) is 9.97 Å². The van der Waals surface area contributed by atoms with Crippen LogP contribution in [-0.4, -0.2) is 42.0 Å². The largest absolute Gasteiger partial charge is 0.495 e. The molecule has 1 fully saturated rings. The topological polar surface area (TPSA) is 93.7 Å². The fourth-order valence-electron chi connectivity index (χ4n) is 3.81. The van der Waals surface area contributed by atoms with Gasteiger partial charge in [0, 0.05) is 37.7 Å². The van der Waals surface area contributed by atoms with Crippen LogP contribution in [0, 0.1) is 0 Å². The minimum Gasteiger partial charge on any atom is -0.495 e. The van der Waals surface area contributed by atoms with Crippen molar-refractivity contribution in [3.05, 3.63) is 69.6 Å². The van der Waals surface area contributed by atoms with E-state index in [0.29, 0.717) is 40.1 Å². The predicted octanol–water partition coefficient (Wildman–Crippen LogP) is 5.16. The molecular weight excluding hydrogens is 491 g/mol. The first-order chi connectivity index (χ1) is 16.8. The molecule has 0 bridgehead atoms. The van der Waals surface area contributed by atoms with Gasteiger partial charge in [-0.2, -0.15) is 0 Å². The highest BCUT2D eigenvalue weighted by Gasteiger charge is 2.24. The maximum absolute atomic E-state index is 12.6. The molecule has 2 heterocycles. The summed E-state index contributed by atoms with van der Waals surface area (Å²) < 4.78 is 10.4. The molecule has 8 nitrogen and oxygen atoms in total. The summed E-state index contributed by atoms with van der Waals surface area (Å²) in [5.41, 5.74) is 1.98. The fraction of sp³-hybridized carbons (Fsp3) is 0.280. The Bertz CT molecular complexity index is 1240. The van der Waals surface area contributed by atoms with Crippen molar-refractivity contribution in [3.63, 3.8) is 0 Å². The van der Waals surface area contributed by atoms with Crippen molar-refractivity contribution in [2.75, 3.05) is 30.4 Å². The van der Waals surface area contributed by atoms with Crippen molar-refractivity contribution in [2.45, 2.75) is 26.2 Å². The van der Waals surface area contributed by atoms with Gasteiger partial charge in [-0.1, -0.05) is 35.3 Å². The number of rotatable bonds is 7. The van der Waals surface area contributed by atoms with Crippen LogP contribution in [0.25, 0.3) is 0 Å². The van der Waals surface area contributed by atoms with Gasteiger partial charge in [0.15, 0.2) is 11.0 Å². The Balaban J connectivity index is 1.48. The first-order valence-electron chi connectivity index (χ1n) is 11.1. The van der Waals surface area contributed by atoms with Crippen molar-refractivity contribution in [1.82, 2.24) is 9.97 Å². The number of nitrogens with zero attached hydrogens (tertiary/aromatic N) is 3. The third-order valence-electron chi connectivity index (χ3n) is 5.49. The molecule has 4 rings (SSSR count). The lowest BCUT2D eigenvalue weighted by atomic mass is 10.1. The standard InChI is InChI=1S/C25H24Cl2N4O4/c1-15(32)35-22-23(27)29-21(30-24(22)31-11-3-4-12-31)13-16-5-8-18(9-6-16)28-25(33)17-7-10-20(34-2)19(26)14-17/h5-10,14H,3-4,11-13H2,1-2H3,(H,28,33). The summed E-state index contributed by atoms with van der Waals surface area (Å²) in [4.78, 5) is 35.2. The second-order valence-corrected chi connectivity index (χ2v) is 8.81. The normalized spacial score (nSPS) is 13.0. The Kier molecular flexibility index (Phi) is 7.73. The molecular formula is C25H24Cl2N4O4. The second kappa shape index (κ2) is 10.9. The van der Waals surface area contributed by atoms with E-state index < -0.39 is 5.97 Å². The summed E-state index contributed by atoms with van der Waals surface area (Å²) >= 11 is 12.5. The van der Waals surface area contributed by atoms with Crippen LogP contribution in [0.2, 0.25) is 10.2 Å². The molecule has 35 heavy (non-hydrogen) atoms. The van der Waals surface area contributed by atoms with E-state index in [-0.39, 0.29) is 16.8 Å². The highest BCUT2D eigenvalue weighted by atomic mass is 35.5. The molecule has 1 amide bonds. The van der Waals surface area contributed by atoms with E-state index in [1.54, 1.807) is 30.3 Å². The number of amides is 1. The summed E-state index contributed by atoms with van der Waals surface area (Å²) in [6.07, 6.45) is 2.49. The zero-order valence-corrected chi connectivity index (χ0v) is 20.8. The van der Waals surface area contributed by atoms with Gasteiger partial charge in [0.2, 0.25) is 5.75 Å². The maximum atomic E-state index is 12.6. The Morgan fingerprint density at radius 1 is 1.06 bits per heavy atom. The van der Waals surface area contributed by atoms with Crippen molar-refractivity contribution < 1.29 is 19.1 Å². The number of halogens is 2. The number of aromatic nitrogens is 2. The lowest BCUT2D eigenvalue weighted by molar-refractivity contribution is -0.131. The van der Waals surface area contributed by atoms with Crippen LogP contribution in [0.4, 0.5) is 11.5 Å². The van der Waals surface area contributed by atoms with Crippen LogP contribution < -0.4 is 19.7 Å². The van der Waals surface area contributed by atoms with Gasteiger partial charge >= 0.3 is 5.97 Å². The molecule has 1 saturated heterocycles. The molecule has 1 aromatic heterocycles. The van der Waals surface area contributed by atoms with Crippen molar-refractivity contribution in [3.8, 4) is 11.5 Å². The Morgan fingerprint density at radius 3 is 2.40 bits per heavy atom. The van der Waals surface area contributed by atoms with E-state index in [1.165, 1.54) is 14.0 Å². The molecule has 0 saturated carbocycles. The highest BCUT2D eigenvalue weighted by Crippen LogP contribution is 2.35. The van der Waals surface area contributed by atoms with Crippen molar-refractivity contribution in [1.29, 1.82) is 0 Å². The van der Waals surface area contributed by atoms with Crippen LogP contribution >= 0.6 is 23.2 Å². The molecule has 1 aliphatic rings. The van der Waals surface area contributed by atoms with E-state index in [1.807, 2.05) is 12.1 Å². The summed E-state index contributed by atoms with van der Waals surface area (Å²) in [7, 11) is 1.52. The van der Waals surface area contributed by atoms with Crippen LogP contribution in [0.3, 0.4) is 0 Å². The summed E-state index contributed by atoms with van der Waals surface area (Å²) in [5.74, 6) is 0.990. The van der Waals surface area contributed by atoms with E-state index in [4.69, 9.17) is 32.7 Å². The molecule has 1 aliphatic heterocycles. The summed E-state index contributed by atoms with van der Waals surface area (Å²) in [6, 6.07) is 12.2. The SMILES string of the molecule is COc1ccc(C(=O)Nc2ccc(Cc3nc(Cl)c(OC(C)=O)c(N4CCCC4)n3)cc2)cc1Cl. The maximum Gasteiger partial charge on any atom is 0.308 e. The molecule has 2 aromatic carbocycles. The number of anilines is 2. The second-order valence-electron chi connectivity index (χ2n) is 8.05. The monoisotopic (exact) mass is 514 g/mol. The number of carbonyl (C=O) groups is 2. The number of nitrogens with one attached hydrogen (secondary N) is 1. The zero-order valence-electron chi connectivity index (χ0n) is 19.3. The number of benzene rings is 2. The Morgan fingerprint density at radius 2 is 1.77 bits per heavy atom. The third-order valence-corrected chi connectivity index (χ3v) is 6.04. The van der Waals surface area contributed by atoms with Gasteiger partial charge < -0.3 is 19.7 Å². The van der Waals surface area contributed by atoms with Crippen LogP contribution in [0.15, 0.2) is 42.5 Å². The third kappa shape index (κ3) is 6.01. The van der Waals surface area contributed by atoms with Gasteiger partial charge in [0.25, 0.3) is 5.91 Å². The Labute approximate surface area is 213 Å². The van der Waals surface area contributed by atoms with Gasteiger partial charge in [0.1, 0.15) is 11.6 Å². The van der Waals surface area contributed by atoms with E-state index in [2.05, 4.69) is 20.2 Å². The number of carbonyl (C=O) groups excluding carboxylic acids is 2. The lowest BCUT2D eigenvalue weighted by Crippen LogP contribution is -2.22. The van der Waals surface area contributed by atoms with Gasteiger partial charge in [-0.05, 0) is 48.7 Å². The Hall–Kier alpha value is -3.36. The number of hydrogen-bond acceptors (Lipinski definition) is 7. The van der Waals surface area contributed by atoms with Crippen LogP contribution in [0.1, 0.15) is 41.5 Å². The van der Waals surface area contributed by atoms with Crippen molar-refractivity contribution >= 4 is 46.6 Å². The van der Waals surface area contributed by atoms with E-state index in [0.717, 1.165) is 31.5 Å². The minimum atomic E-state index is -0.474. The van der Waals surface area contributed by atoms with Gasteiger partial charge in [-0.15, -0.1) is 0 Å². The molecule has 0 radical (unpaired) electrons. The average Bonchev–Trinajstić information content (AvgIpc) is 3.36. The number of esters is 1. The molecule has 10 heteroatoms. The average molecular weight is 515 g/mol. The first-order valence-corrected chi connectivity index (χ1v) is 11.8. The van der Waals surface area contributed by atoms with Gasteiger partial charge in [-0.3, -0.25) is 9.59 Å². The van der Waals surface area contributed by atoms with Gasteiger partial charge in [0.05, 0.1) is 12.1 Å².